The van der Waals surface area contributed by atoms with Crippen molar-refractivity contribution in [3.8, 4) is 5.75 Å². The molecule has 120 valence electrons. The highest BCUT2D eigenvalue weighted by atomic mass is 32.1. The van der Waals surface area contributed by atoms with Gasteiger partial charge in [0.1, 0.15) is 18.2 Å². The molecule has 0 fully saturated rings. The van der Waals surface area contributed by atoms with Gasteiger partial charge in [0.15, 0.2) is 4.96 Å². The fraction of sp³-hybridized carbons (Fsp3) is 0.250. The lowest BCUT2D eigenvalue weighted by molar-refractivity contribution is 0.180. The minimum absolute atomic E-state index is 0.147. The van der Waals surface area contributed by atoms with Crippen molar-refractivity contribution in [3.63, 3.8) is 0 Å². The SMILES string of the molecule is COCc1c(C)sc2nc(COc3ccc(F)cc3)cc(=O)n12. The summed E-state index contributed by atoms with van der Waals surface area (Å²) in [5.74, 6) is 0.200. The Morgan fingerprint density at radius 2 is 2.00 bits per heavy atom. The van der Waals surface area contributed by atoms with E-state index in [1.54, 1.807) is 11.5 Å². The van der Waals surface area contributed by atoms with E-state index < -0.39 is 0 Å². The number of fused-ring (bicyclic) bond motifs is 1. The molecule has 3 rings (SSSR count). The van der Waals surface area contributed by atoms with Gasteiger partial charge in [-0.25, -0.2) is 9.37 Å². The second-order valence-corrected chi connectivity index (χ2v) is 6.17. The number of hydrogen-bond acceptors (Lipinski definition) is 5. The Balaban J connectivity index is 1.88. The van der Waals surface area contributed by atoms with Crippen LogP contribution in [0.25, 0.3) is 4.96 Å². The molecule has 0 atom stereocenters. The van der Waals surface area contributed by atoms with Gasteiger partial charge in [-0.3, -0.25) is 9.20 Å². The summed E-state index contributed by atoms with van der Waals surface area (Å²) >= 11 is 1.44. The number of thiazole rings is 1. The Hall–Kier alpha value is -2.25. The van der Waals surface area contributed by atoms with E-state index in [0.29, 0.717) is 23.0 Å². The minimum Gasteiger partial charge on any atom is -0.487 e. The summed E-state index contributed by atoms with van der Waals surface area (Å²) in [5, 5.41) is 0. The molecule has 0 unspecified atom stereocenters. The highest BCUT2D eigenvalue weighted by Gasteiger charge is 2.13. The Kier molecular flexibility index (Phi) is 4.40. The topological polar surface area (TPSA) is 52.8 Å². The summed E-state index contributed by atoms with van der Waals surface area (Å²) in [6, 6.07) is 7.15. The van der Waals surface area contributed by atoms with Crippen molar-refractivity contribution in [1.29, 1.82) is 0 Å². The van der Waals surface area contributed by atoms with Crippen molar-refractivity contribution < 1.29 is 13.9 Å². The number of hydrogen-bond donors (Lipinski definition) is 0. The van der Waals surface area contributed by atoms with E-state index >= 15 is 0 Å². The zero-order chi connectivity index (χ0) is 16.4. The van der Waals surface area contributed by atoms with Crippen molar-refractivity contribution in [3.05, 3.63) is 62.8 Å². The van der Waals surface area contributed by atoms with Crippen molar-refractivity contribution in [1.82, 2.24) is 9.38 Å². The van der Waals surface area contributed by atoms with Gasteiger partial charge in [0.2, 0.25) is 0 Å². The lowest BCUT2D eigenvalue weighted by Crippen LogP contribution is -2.17. The first kappa shape index (κ1) is 15.6. The maximum absolute atomic E-state index is 12.9. The third-order valence-electron chi connectivity index (χ3n) is 3.34. The number of rotatable bonds is 5. The predicted octanol–water partition coefficient (Wildman–Crippen LogP) is 2.93. The van der Waals surface area contributed by atoms with Crippen molar-refractivity contribution in [2.75, 3.05) is 7.11 Å². The first-order chi connectivity index (χ1) is 11.1. The molecule has 0 amide bonds. The van der Waals surface area contributed by atoms with Crippen LogP contribution in [0.15, 0.2) is 35.1 Å². The van der Waals surface area contributed by atoms with Gasteiger partial charge in [-0.1, -0.05) is 0 Å². The van der Waals surface area contributed by atoms with Gasteiger partial charge in [0.05, 0.1) is 18.0 Å². The van der Waals surface area contributed by atoms with Gasteiger partial charge in [0, 0.05) is 18.1 Å². The van der Waals surface area contributed by atoms with Gasteiger partial charge in [-0.2, -0.15) is 0 Å². The van der Waals surface area contributed by atoms with Gasteiger partial charge < -0.3 is 9.47 Å². The van der Waals surface area contributed by atoms with Crippen LogP contribution in [0.1, 0.15) is 16.3 Å². The standard InChI is InChI=1S/C16H15FN2O3S/c1-10-14(9-21-2)19-15(20)7-12(18-16(19)23-10)8-22-13-5-3-11(17)4-6-13/h3-7H,8-9H2,1-2H3. The van der Waals surface area contributed by atoms with Crippen LogP contribution in [0.4, 0.5) is 4.39 Å². The molecule has 0 aliphatic carbocycles. The van der Waals surface area contributed by atoms with E-state index in [2.05, 4.69) is 4.98 Å². The van der Waals surface area contributed by atoms with Crippen molar-refractivity contribution in [2.24, 2.45) is 0 Å². The first-order valence-electron chi connectivity index (χ1n) is 6.96. The van der Waals surface area contributed by atoms with E-state index in [1.165, 1.54) is 41.7 Å². The van der Waals surface area contributed by atoms with Crippen LogP contribution in [-0.4, -0.2) is 16.5 Å². The number of aryl methyl sites for hydroxylation is 1. The highest BCUT2D eigenvalue weighted by Crippen LogP contribution is 2.21. The molecule has 0 N–H and O–H groups in total. The second-order valence-electron chi connectivity index (χ2n) is 4.98. The summed E-state index contributed by atoms with van der Waals surface area (Å²) in [6.07, 6.45) is 0. The van der Waals surface area contributed by atoms with Crippen LogP contribution < -0.4 is 10.3 Å². The molecular formula is C16H15FN2O3S. The number of methoxy groups -OCH3 is 1. The summed E-state index contributed by atoms with van der Waals surface area (Å²) in [7, 11) is 1.59. The smallest absolute Gasteiger partial charge is 0.259 e. The van der Waals surface area contributed by atoms with E-state index in [4.69, 9.17) is 9.47 Å². The average molecular weight is 334 g/mol. The number of benzene rings is 1. The Morgan fingerprint density at radius 3 is 2.70 bits per heavy atom. The van der Waals surface area contributed by atoms with E-state index in [1.807, 2.05) is 6.92 Å². The van der Waals surface area contributed by atoms with Crippen LogP contribution in [-0.2, 0) is 18.0 Å². The molecule has 0 bridgehead atoms. The third-order valence-corrected chi connectivity index (χ3v) is 4.34. The monoisotopic (exact) mass is 334 g/mol. The fourth-order valence-corrected chi connectivity index (χ4v) is 3.24. The molecule has 0 aliphatic heterocycles. The molecule has 0 aliphatic rings. The van der Waals surface area contributed by atoms with Crippen LogP contribution in [0.3, 0.4) is 0 Å². The quantitative estimate of drug-likeness (QED) is 0.720. The predicted molar refractivity (Wildman–Crippen MR) is 85.5 cm³/mol. The molecule has 0 radical (unpaired) electrons. The maximum Gasteiger partial charge on any atom is 0.259 e. The van der Waals surface area contributed by atoms with Crippen molar-refractivity contribution >= 4 is 16.3 Å². The van der Waals surface area contributed by atoms with E-state index in [0.717, 1.165) is 10.6 Å². The number of halogens is 1. The number of ether oxygens (including phenoxy) is 2. The number of nitrogens with zero attached hydrogens (tertiary/aromatic N) is 2. The molecular weight excluding hydrogens is 319 g/mol. The molecule has 7 heteroatoms. The largest absolute Gasteiger partial charge is 0.487 e. The zero-order valence-corrected chi connectivity index (χ0v) is 13.5. The summed E-state index contributed by atoms with van der Waals surface area (Å²) in [6.45, 7) is 2.44. The molecule has 0 saturated carbocycles. The molecule has 5 nitrogen and oxygen atoms in total. The normalized spacial score (nSPS) is 11.1. The Bertz CT molecular complexity index is 887. The molecule has 2 heterocycles. The van der Waals surface area contributed by atoms with Crippen LogP contribution in [0.5, 0.6) is 5.75 Å². The Morgan fingerprint density at radius 1 is 1.26 bits per heavy atom. The van der Waals surface area contributed by atoms with Crippen LogP contribution in [0, 0.1) is 12.7 Å². The maximum atomic E-state index is 12.9. The second kappa shape index (κ2) is 6.47. The van der Waals surface area contributed by atoms with Gasteiger partial charge in [-0.05, 0) is 31.2 Å². The molecule has 2 aromatic heterocycles. The molecule has 0 spiro atoms. The van der Waals surface area contributed by atoms with E-state index in [9.17, 15) is 9.18 Å². The summed E-state index contributed by atoms with van der Waals surface area (Å²) < 4.78 is 25.1. The van der Waals surface area contributed by atoms with Crippen LogP contribution >= 0.6 is 11.3 Å². The van der Waals surface area contributed by atoms with Crippen molar-refractivity contribution in [2.45, 2.75) is 20.1 Å². The third kappa shape index (κ3) is 3.25. The molecule has 23 heavy (non-hydrogen) atoms. The summed E-state index contributed by atoms with van der Waals surface area (Å²) in [5.41, 5.74) is 1.18. The van der Waals surface area contributed by atoms with Gasteiger partial charge in [0.25, 0.3) is 5.56 Å². The average Bonchev–Trinajstić information content (AvgIpc) is 2.83. The molecule has 3 aromatic rings. The fourth-order valence-electron chi connectivity index (χ4n) is 2.24. The molecule has 1 aromatic carbocycles. The van der Waals surface area contributed by atoms with Gasteiger partial charge >= 0.3 is 0 Å². The zero-order valence-electron chi connectivity index (χ0n) is 12.7. The Labute approximate surface area is 135 Å². The lowest BCUT2D eigenvalue weighted by Gasteiger charge is -2.06. The highest BCUT2D eigenvalue weighted by molar-refractivity contribution is 7.17. The minimum atomic E-state index is -0.324. The van der Waals surface area contributed by atoms with Gasteiger partial charge in [-0.15, -0.1) is 11.3 Å². The lowest BCUT2D eigenvalue weighted by atomic mass is 10.3. The van der Waals surface area contributed by atoms with E-state index in [-0.39, 0.29) is 18.0 Å². The molecule has 0 saturated heterocycles. The number of aromatic nitrogens is 2. The summed E-state index contributed by atoms with van der Waals surface area (Å²) in [4.78, 5) is 18.4. The van der Waals surface area contributed by atoms with Crippen LogP contribution in [0.2, 0.25) is 0 Å². The first-order valence-corrected chi connectivity index (χ1v) is 7.78.